The zero-order valence-corrected chi connectivity index (χ0v) is 10.6. The van der Waals surface area contributed by atoms with E-state index < -0.39 is 0 Å². The number of hydrazine groups is 1. The van der Waals surface area contributed by atoms with Crippen LogP contribution in [0.3, 0.4) is 0 Å². The molecule has 1 unspecified atom stereocenters. The summed E-state index contributed by atoms with van der Waals surface area (Å²) in [7, 11) is 1.59. The molecule has 0 radical (unpaired) electrons. The predicted octanol–water partition coefficient (Wildman–Crippen LogP) is 1.98. The van der Waals surface area contributed by atoms with Crippen LogP contribution in [0.1, 0.15) is 17.3 Å². The van der Waals surface area contributed by atoms with E-state index in [9.17, 15) is 4.39 Å². The third-order valence-corrected chi connectivity index (χ3v) is 2.90. The van der Waals surface area contributed by atoms with Crippen LogP contribution in [-0.4, -0.2) is 12.1 Å². The molecule has 1 aromatic carbocycles. The number of pyridine rings is 1. The van der Waals surface area contributed by atoms with Gasteiger partial charge in [-0.1, -0.05) is 12.1 Å². The van der Waals surface area contributed by atoms with Crippen molar-refractivity contribution in [2.75, 3.05) is 7.11 Å². The topological polar surface area (TPSA) is 60.2 Å². The molecule has 0 spiro atoms. The van der Waals surface area contributed by atoms with Gasteiger partial charge >= 0.3 is 0 Å². The number of aromatic nitrogens is 1. The Hall–Kier alpha value is -1.98. The highest BCUT2D eigenvalue weighted by Gasteiger charge is 2.16. The number of nitrogens with one attached hydrogen (secondary N) is 1. The average molecular weight is 261 g/mol. The molecule has 0 aliphatic carbocycles. The lowest BCUT2D eigenvalue weighted by Crippen LogP contribution is -2.30. The Morgan fingerprint density at radius 1 is 1.32 bits per heavy atom. The maximum atomic E-state index is 12.9. The van der Waals surface area contributed by atoms with Crippen molar-refractivity contribution >= 4 is 0 Å². The fourth-order valence-corrected chi connectivity index (χ4v) is 1.93. The summed E-state index contributed by atoms with van der Waals surface area (Å²) in [6.07, 6.45) is 2.29. The smallest absolute Gasteiger partial charge is 0.142 e. The van der Waals surface area contributed by atoms with Crippen LogP contribution in [0, 0.1) is 5.82 Å². The molecule has 1 aromatic heterocycles. The number of ether oxygens (including phenoxy) is 1. The van der Waals surface area contributed by atoms with Gasteiger partial charge in [0.25, 0.3) is 0 Å². The standard InChI is InChI=1S/C14H16FN3O/c1-19-13-3-2-8-17-14(13)12(18-16)9-10-4-6-11(15)7-5-10/h2-8,12,18H,9,16H2,1H3. The molecule has 0 aliphatic heterocycles. The molecule has 2 aromatic rings. The highest BCUT2D eigenvalue weighted by Crippen LogP contribution is 2.24. The summed E-state index contributed by atoms with van der Waals surface area (Å²) in [4.78, 5) is 4.29. The molecule has 0 amide bonds. The van der Waals surface area contributed by atoms with Gasteiger partial charge in [0.1, 0.15) is 17.3 Å². The number of rotatable bonds is 5. The van der Waals surface area contributed by atoms with Gasteiger partial charge in [0.2, 0.25) is 0 Å². The van der Waals surface area contributed by atoms with Crippen LogP contribution in [0.4, 0.5) is 4.39 Å². The molecule has 100 valence electrons. The van der Waals surface area contributed by atoms with Crippen LogP contribution >= 0.6 is 0 Å². The van der Waals surface area contributed by atoms with Gasteiger partial charge in [-0.05, 0) is 36.2 Å². The van der Waals surface area contributed by atoms with E-state index in [1.807, 2.05) is 6.07 Å². The van der Waals surface area contributed by atoms with Crippen molar-refractivity contribution in [1.82, 2.24) is 10.4 Å². The monoisotopic (exact) mass is 261 g/mol. The molecular weight excluding hydrogens is 245 g/mol. The number of benzene rings is 1. The van der Waals surface area contributed by atoms with E-state index in [-0.39, 0.29) is 11.9 Å². The average Bonchev–Trinajstić information content (AvgIpc) is 2.46. The first-order chi connectivity index (χ1) is 9.24. The first kappa shape index (κ1) is 13.5. The first-order valence-electron chi connectivity index (χ1n) is 5.94. The maximum absolute atomic E-state index is 12.9. The van der Waals surface area contributed by atoms with Gasteiger partial charge in [0, 0.05) is 6.20 Å². The van der Waals surface area contributed by atoms with Crippen molar-refractivity contribution in [2.24, 2.45) is 5.84 Å². The minimum absolute atomic E-state index is 0.193. The van der Waals surface area contributed by atoms with E-state index in [1.54, 1.807) is 31.5 Å². The summed E-state index contributed by atoms with van der Waals surface area (Å²) in [5.41, 5.74) is 4.42. The molecule has 1 heterocycles. The van der Waals surface area contributed by atoms with Crippen LogP contribution in [0.25, 0.3) is 0 Å². The molecule has 1 atom stereocenters. The molecule has 0 fully saturated rings. The number of nitrogens with zero attached hydrogens (tertiary/aromatic N) is 1. The predicted molar refractivity (Wildman–Crippen MR) is 71.0 cm³/mol. The van der Waals surface area contributed by atoms with Crippen molar-refractivity contribution in [3.8, 4) is 5.75 Å². The van der Waals surface area contributed by atoms with Gasteiger partial charge in [0.15, 0.2) is 0 Å². The normalized spacial score (nSPS) is 12.2. The Morgan fingerprint density at radius 3 is 2.68 bits per heavy atom. The molecular formula is C14H16FN3O. The summed E-state index contributed by atoms with van der Waals surface area (Å²) in [5, 5.41) is 0. The van der Waals surface area contributed by atoms with Crippen LogP contribution in [0.2, 0.25) is 0 Å². The Balaban J connectivity index is 2.22. The fourth-order valence-electron chi connectivity index (χ4n) is 1.93. The summed E-state index contributed by atoms with van der Waals surface area (Å²) >= 11 is 0. The minimum Gasteiger partial charge on any atom is -0.495 e. The molecule has 19 heavy (non-hydrogen) atoms. The number of methoxy groups -OCH3 is 1. The summed E-state index contributed by atoms with van der Waals surface area (Å²) in [6, 6.07) is 9.76. The maximum Gasteiger partial charge on any atom is 0.142 e. The fraction of sp³-hybridized carbons (Fsp3) is 0.214. The quantitative estimate of drug-likeness (QED) is 0.638. The van der Waals surface area contributed by atoms with Crippen molar-refractivity contribution < 1.29 is 9.13 Å². The van der Waals surface area contributed by atoms with E-state index in [0.717, 1.165) is 11.3 Å². The van der Waals surface area contributed by atoms with Gasteiger partial charge < -0.3 is 4.74 Å². The Labute approximate surface area is 111 Å². The minimum atomic E-state index is -0.253. The van der Waals surface area contributed by atoms with E-state index in [1.165, 1.54) is 12.1 Å². The van der Waals surface area contributed by atoms with Gasteiger partial charge in [-0.2, -0.15) is 0 Å². The highest BCUT2D eigenvalue weighted by atomic mass is 19.1. The summed E-state index contributed by atoms with van der Waals surface area (Å²) < 4.78 is 18.1. The first-order valence-corrected chi connectivity index (χ1v) is 5.94. The molecule has 4 nitrogen and oxygen atoms in total. The van der Waals surface area contributed by atoms with E-state index in [0.29, 0.717) is 12.2 Å². The molecule has 0 saturated carbocycles. The zero-order chi connectivity index (χ0) is 13.7. The van der Waals surface area contributed by atoms with Crippen LogP contribution in [0.5, 0.6) is 5.75 Å². The van der Waals surface area contributed by atoms with E-state index in [4.69, 9.17) is 10.6 Å². The molecule has 5 heteroatoms. The number of hydrogen-bond donors (Lipinski definition) is 2. The second-order valence-corrected chi connectivity index (χ2v) is 4.14. The number of nitrogens with two attached hydrogens (primary N) is 1. The Kier molecular flexibility index (Phi) is 4.43. The van der Waals surface area contributed by atoms with Crippen molar-refractivity contribution in [3.63, 3.8) is 0 Å². The van der Waals surface area contributed by atoms with Crippen LogP contribution in [0.15, 0.2) is 42.6 Å². The number of halogens is 1. The SMILES string of the molecule is COc1cccnc1C(Cc1ccc(F)cc1)NN. The van der Waals surface area contributed by atoms with Crippen molar-refractivity contribution in [2.45, 2.75) is 12.5 Å². The van der Waals surface area contributed by atoms with Crippen molar-refractivity contribution in [3.05, 3.63) is 59.7 Å². The second-order valence-electron chi connectivity index (χ2n) is 4.14. The Morgan fingerprint density at radius 2 is 2.05 bits per heavy atom. The summed E-state index contributed by atoms with van der Waals surface area (Å²) in [6.45, 7) is 0. The highest BCUT2D eigenvalue weighted by molar-refractivity contribution is 5.31. The van der Waals surface area contributed by atoms with Crippen molar-refractivity contribution in [1.29, 1.82) is 0 Å². The molecule has 3 N–H and O–H groups in total. The third-order valence-electron chi connectivity index (χ3n) is 2.90. The van der Waals surface area contributed by atoms with Gasteiger partial charge in [-0.3, -0.25) is 16.3 Å². The number of hydrogen-bond acceptors (Lipinski definition) is 4. The Bertz CT molecular complexity index is 530. The molecule has 0 bridgehead atoms. The van der Waals surface area contributed by atoms with E-state index in [2.05, 4.69) is 10.4 Å². The third kappa shape index (κ3) is 3.27. The second kappa shape index (κ2) is 6.26. The summed E-state index contributed by atoms with van der Waals surface area (Å²) in [5.74, 6) is 6.01. The van der Waals surface area contributed by atoms with Gasteiger partial charge in [-0.25, -0.2) is 4.39 Å². The van der Waals surface area contributed by atoms with Crippen LogP contribution in [-0.2, 0) is 6.42 Å². The lowest BCUT2D eigenvalue weighted by molar-refractivity contribution is 0.394. The van der Waals surface area contributed by atoms with Gasteiger partial charge in [-0.15, -0.1) is 0 Å². The lowest BCUT2D eigenvalue weighted by Gasteiger charge is -2.17. The van der Waals surface area contributed by atoms with Gasteiger partial charge in [0.05, 0.1) is 13.2 Å². The molecule has 2 rings (SSSR count). The molecule has 0 aliphatic rings. The zero-order valence-electron chi connectivity index (χ0n) is 10.6. The van der Waals surface area contributed by atoms with E-state index >= 15 is 0 Å². The largest absolute Gasteiger partial charge is 0.495 e. The lowest BCUT2D eigenvalue weighted by atomic mass is 10.0. The van der Waals surface area contributed by atoms with Crippen LogP contribution < -0.4 is 16.0 Å². The molecule has 0 saturated heterocycles.